The number of carbonyl (C=O) groups is 3. The molecule has 0 bridgehead atoms. The van der Waals surface area contributed by atoms with Gasteiger partial charge in [0.2, 0.25) is 12.7 Å². The molecular weight excluding hydrogens is 546 g/mol. The number of ether oxygens (including phenoxy) is 2. The van der Waals surface area contributed by atoms with Gasteiger partial charge in [0.25, 0.3) is 0 Å². The normalized spacial score (nSPS) is 24.6. The molecule has 1 amide bonds. The highest BCUT2D eigenvalue weighted by molar-refractivity contribution is 7.91. The van der Waals surface area contributed by atoms with E-state index in [1.165, 1.54) is 17.6 Å². The molecule has 5 rings (SSSR count). The number of hydrogen-bond donors (Lipinski definition) is 1. The van der Waals surface area contributed by atoms with E-state index in [1.54, 1.807) is 17.5 Å². The van der Waals surface area contributed by atoms with E-state index in [1.807, 2.05) is 6.92 Å². The number of aliphatic hydroxyl groups excluding tert-OH is 1. The number of rotatable bonds is 9. The fourth-order valence-electron chi connectivity index (χ4n) is 6.20. The van der Waals surface area contributed by atoms with Gasteiger partial charge in [0.05, 0.1) is 22.9 Å². The number of hydrogen-bond acceptors (Lipinski definition) is 10. The third kappa shape index (κ3) is 5.00. The lowest BCUT2D eigenvalue weighted by molar-refractivity contribution is -0.172. The van der Waals surface area contributed by atoms with E-state index in [4.69, 9.17) is 9.47 Å². The molecule has 1 N–H and O–H groups in total. The lowest BCUT2D eigenvalue weighted by Gasteiger charge is -2.47. The predicted molar refractivity (Wildman–Crippen MR) is 141 cm³/mol. The molecule has 2 aromatic rings. The average Bonchev–Trinajstić information content (AvgIpc) is 3.53. The third-order valence-corrected chi connectivity index (χ3v) is 10.3. The zero-order chi connectivity index (χ0) is 28.1. The van der Waals surface area contributed by atoms with Crippen molar-refractivity contribution >= 4 is 49.4 Å². The number of imidazole rings is 1. The van der Waals surface area contributed by atoms with Gasteiger partial charge in [-0.3, -0.25) is 14.0 Å². The Kier molecular flexibility index (Phi) is 7.59. The molecule has 0 radical (unpaired) electrons. The molecule has 39 heavy (non-hydrogen) atoms. The lowest BCUT2D eigenvalue weighted by Crippen LogP contribution is -2.63. The van der Waals surface area contributed by atoms with Crippen LogP contribution in [0.4, 0.5) is 0 Å². The Labute approximate surface area is 230 Å². The minimum absolute atomic E-state index is 0.0375. The van der Waals surface area contributed by atoms with E-state index in [9.17, 15) is 27.9 Å². The number of carbonyl (C=O) groups excluding carboxylic acids is 3. The summed E-state index contributed by atoms with van der Waals surface area (Å²) in [5.74, 6) is -2.31. The third-order valence-electron chi connectivity index (χ3n) is 8.01. The molecule has 11 nitrogen and oxygen atoms in total. The van der Waals surface area contributed by atoms with Gasteiger partial charge in [-0.2, -0.15) is 0 Å². The maximum Gasteiger partial charge on any atom is 0.358 e. The van der Waals surface area contributed by atoms with Crippen molar-refractivity contribution in [1.82, 2.24) is 14.3 Å². The highest BCUT2D eigenvalue weighted by atomic mass is 32.2. The first kappa shape index (κ1) is 27.8. The molecule has 3 aliphatic rings. The zero-order valence-corrected chi connectivity index (χ0v) is 23.8. The SMILES string of the molecule is CC[C@H]1C(c2cn3cnc(S(C)(=O)=O)c3s2)=C(C(=O)OCOC(=O)CC2CCCCC2)N2C(=O)[C@H]([C@@H](C)O)[C@@H]12. The Balaban J connectivity index is 1.43. The standard InChI is InChI=1S/C26H33N3O8S2/c1-4-16-20(17-11-28-12-27-23(25(28)38-17)39(3,34)35)22(29-21(16)19(14(2)30)24(29)32)26(33)37-13-36-18(31)10-15-8-6-5-7-9-15/h11-12,14-16,19,21,30H,4-10,13H2,1-3H3/t14-,16+,19-,21-/m1/s1. The second-order valence-electron chi connectivity index (χ2n) is 10.6. The molecule has 0 unspecified atom stereocenters. The number of β-lactam (4-membered cyclic amide) rings is 1. The number of thiazole rings is 1. The second-order valence-corrected chi connectivity index (χ2v) is 13.6. The van der Waals surface area contributed by atoms with Gasteiger partial charge >= 0.3 is 11.9 Å². The Morgan fingerprint density at radius 3 is 2.59 bits per heavy atom. The van der Waals surface area contributed by atoms with Crippen molar-refractivity contribution < 1.29 is 37.4 Å². The molecule has 2 fully saturated rings. The predicted octanol–water partition coefficient (Wildman–Crippen LogP) is 2.77. The van der Waals surface area contributed by atoms with E-state index in [0.29, 0.717) is 21.7 Å². The van der Waals surface area contributed by atoms with Gasteiger partial charge in [-0.25, -0.2) is 18.2 Å². The van der Waals surface area contributed by atoms with Gasteiger partial charge in [0, 0.05) is 30.4 Å². The maximum atomic E-state index is 13.4. The monoisotopic (exact) mass is 579 g/mol. The van der Waals surface area contributed by atoms with Gasteiger partial charge in [0.1, 0.15) is 16.9 Å². The molecule has 1 saturated carbocycles. The van der Waals surface area contributed by atoms with Crippen LogP contribution in [0, 0.1) is 17.8 Å². The van der Waals surface area contributed by atoms with Crippen LogP contribution < -0.4 is 0 Å². The van der Waals surface area contributed by atoms with Crippen LogP contribution in [0.2, 0.25) is 0 Å². The van der Waals surface area contributed by atoms with E-state index in [-0.39, 0.29) is 34.9 Å². The van der Waals surface area contributed by atoms with Gasteiger partial charge in [-0.1, -0.05) is 26.2 Å². The molecule has 13 heteroatoms. The van der Waals surface area contributed by atoms with Crippen molar-refractivity contribution in [3.05, 3.63) is 23.1 Å². The quantitative estimate of drug-likeness (QED) is 0.269. The topological polar surface area (TPSA) is 145 Å². The number of nitrogens with zero attached hydrogens (tertiary/aromatic N) is 3. The minimum atomic E-state index is -3.59. The second kappa shape index (κ2) is 10.7. The van der Waals surface area contributed by atoms with Crippen LogP contribution in [0.25, 0.3) is 10.4 Å². The summed E-state index contributed by atoms with van der Waals surface area (Å²) >= 11 is 1.16. The van der Waals surface area contributed by atoms with Crippen LogP contribution in [0.1, 0.15) is 63.7 Å². The molecule has 2 aliphatic heterocycles. The summed E-state index contributed by atoms with van der Waals surface area (Å²) in [6, 6.07) is -0.442. The zero-order valence-electron chi connectivity index (χ0n) is 22.2. The lowest BCUT2D eigenvalue weighted by atomic mass is 9.76. The molecular formula is C26H33N3O8S2. The van der Waals surface area contributed by atoms with E-state index in [0.717, 1.165) is 43.3 Å². The Bertz CT molecular complexity index is 1430. The maximum absolute atomic E-state index is 13.4. The van der Waals surface area contributed by atoms with Crippen molar-refractivity contribution in [3.63, 3.8) is 0 Å². The largest absolute Gasteiger partial charge is 0.428 e. The van der Waals surface area contributed by atoms with Crippen molar-refractivity contribution in [2.24, 2.45) is 17.8 Å². The number of aliphatic hydroxyl groups is 1. The van der Waals surface area contributed by atoms with Crippen LogP contribution in [0.3, 0.4) is 0 Å². The summed E-state index contributed by atoms with van der Waals surface area (Å²) in [5, 5.41) is 10.2. The molecule has 1 saturated heterocycles. The Morgan fingerprint density at radius 2 is 1.95 bits per heavy atom. The Hall–Kier alpha value is -2.77. The average molecular weight is 580 g/mol. The summed E-state index contributed by atoms with van der Waals surface area (Å²) in [6.45, 7) is 2.91. The molecule has 2 aromatic heterocycles. The summed E-state index contributed by atoms with van der Waals surface area (Å²) < 4.78 is 36.6. The number of sulfone groups is 1. The van der Waals surface area contributed by atoms with Crippen LogP contribution in [0.15, 0.2) is 23.2 Å². The minimum Gasteiger partial charge on any atom is -0.428 e. The van der Waals surface area contributed by atoms with E-state index in [2.05, 4.69) is 4.98 Å². The highest BCUT2D eigenvalue weighted by Crippen LogP contribution is 2.53. The summed E-state index contributed by atoms with van der Waals surface area (Å²) in [4.78, 5) is 45.2. The highest BCUT2D eigenvalue weighted by Gasteiger charge is 2.61. The fourth-order valence-corrected chi connectivity index (χ4v) is 8.52. The van der Waals surface area contributed by atoms with Crippen molar-refractivity contribution in [3.8, 4) is 0 Å². The summed E-state index contributed by atoms with van der Waals surface area (Å²) in [6.07, 6.45) is 9.43. The first-order valence-corrected chi connectivity index (χ1v) is 16.0. The van der Waals surface area contributed by atoms with E-state index >= 15 is 0 Å². The van der Waals surface area contributed by atoms with E-state index < -0.39 is 46.6 Å². The van der Waals surface area contributed by atoms with Crippen LogP contribution in [-0.2, 0) is 33.7 Å². The first-order chi connectivity index (χ1) is 18.5. The van der Waals surface area contributed by atoms with Gasteiger partial charge in [-0.15, -0.1) is 11.3 Å². The first-order valence-electron chi connectivity index (χ1n) is 13.3. The van der Waals surface area contributed by atoms with Gasteiger partial charge < -0.3 is 19.5 Å². The fraction of sp³-hybridized carbons (Fsp3) is 0.615. The molecule has 0 aromatic carbocycles. The van der Waals surface area contributed by atoms with Gasteiger partial charge in [0.15, 0.2) is 14.9 Å². The molecule has 212 valence electrons. The Morgan fingerprint density at radius 1 is 1.23 bits per heavy atom. The number of esters is 2. The number of aromatic nitrogens is 2. The van der Waals surface area contributed by atoms with Crippen molar-refractivity contribution in [2.45, 2.75) is 76.0 Å². The summed E-state index contributed by atoms with van der Waals surface area (Å²) in [5.41, 5.74) is 0.584. The van der Waals surface area contributed by atoms with Crippen molar-refractivity contribution in [2.75, 3.05) is 13.0 Å². The molecule has 4 heterocycles. The number of amides is 1. The molecule has 0 spiro atoms. The van der Waals surface area contributed by atoms with Crippen LogP contribution >= 0.6 is 11.3 Å². The van der Waals surface area contributed by atoms with Crippen LogP contribution in [0.5, 0.6) is 0 Å². The molecule has 4 atom stereocenters. The smallest absolute Gasteiger partial charge is 0.358 e. The summed E-state index contributed by atoms with van der Waals surface area (Å²) in [7, 11) is -3.59. The van der Waals surface area contributed by atoms with Gasteiger partial charge in [-0.05, 0) is 32.1 Å². The number of fused-ring (bicyclic) bond motifs is 2. The van der Waals surface area contributed by atoms with Crippen molar-refractivity contribution in [1.29, 1.82) is 0 Å². The van der Waals surface area contributed by atoms with Crippen LogP contribution in [-0.4, -0.2) is 70.8 Å². The molecule has 1 aliphatic carbocycles.